The summed E-state index contributed by atoms with van der Waals surface area (Å²) < 4.78 is 78.7. The maximum absolute atomic E-state index is 14.1. The molecule has 1 fully saturated rings. The third kappa shape index (κ3) is 7.17. The molecule has 2 aromatic heterocycles. The van der Waals surface area contributed by atoms with Crippen LogP contribution in [0.4, 0.5) is 42.0 Å². The lowest BCUT2D eigenvalue weighted by Crippen LogP contribution is -2.36. The Kier molecular flexibility index (Phi) is 9.96. The number of aromatic hydroxyl groups is 1. The highest BCUT2D eigenvalue weighted by molar-refractivity contribution is 7.53. The first-order valence-electron chi connectivity index (χ1n) is 14.6. The zero-order valence-corrected chi connectivity index (χ0v) is 26.7. The summed E-state index contributed by atoms with van der Waals surface area (Å²) in [5.41, 5.74) is 0.933. The summed E-state index contributed by atoms with van der Waals surface area (Å²) in [6.45, 7) is 6.23. The SMILES string of the molecule is CCOP(=O)(Cc1ccc(Nc2ncc(C(F)(F)F)c(Nc3ccc(N4CCOCC4)c4cn(C)c(O)c34)n2)c(OC)c1)OCC. The molecule has 0 saturated carbocycles. The summed E-state index contributed by atoms with van der Waals surface area (Å²) in [6.07, 6.45) is -2.36. The number of aromatic nitrogens is 3. The molecule has 0 bridgehead atoms. The van der Waals surface area contributed by atoms with Gasteiger partial charge in [-0.2, -0.15) is 18.2 Å². The molecule has 0 spiro atoms. The van der Waals surface area contributed by atoms with E-state index in [1.807, 2.05) is 0 Å². The number of morpholine rings is 1. The van der Waals surface area contributed by atoms with Crippen LogP contribution >= 0.6 is 7.60 Å². The minimum Gasteiger partial charge on any atom is -0.495 e. The summed E-state index contributed by atoms with van der Waals surface area (Å²) >= 11 is 0. The number of rotatable bonds is 12. The molecule has 16 heteroatoms. The van der Waals surface area contributed by atoms with Crippen molar-refractivity contribution in [3.63, 3.8) is 0 Å². The molecule has 248 valence electrons. The number of halogens is 3. The van der Waals surface area contributed by atoms with Crippen molar-refractivity contribution < 1.29 is 41.4 Å². The fourth-order valence-electron chi connectivity index (χ4n) is 5.27. The Labute approximate surface area is 264 Å². The molecule has 46 heavy (non-hydrogen) atoms. The lowest BCUT2D eigenvalue weighted by molar-refractivity contribution is -0.137. The van der Waals surface area contributed by atoms with Crippen LogP contribution in [0.5, 0.6) is 11.6 Å². The number of nitrogens with zero attached hydrogens (tertiary/aromatic N) is 4. The number of aryl methyl sites for hydroxylation is 1. The van der Waals surface area contributed by atoms with Gasteiger partial charge in [-0.25, -0.2) is 4.98 Å². The Bertz CT molecular complexity index is 1730. The third-order valence-corrected chi connectivity index (χ3v) is 9.40. The van der Waals surface area contributed by atoms with Crippen molar-refractivity contribution in [3.8, 4) is 11.6 Å². The van der Waals surface area contributed by atoms with Crippen LogP contribution in [0, 0.1) is 0 Å². The second kappa shape index (κ2) is 13.8. The van der Waals surface area contributed by atoms with Crippen LogP contribution in [0.25, 0.3) is 10.8 Å². The Morgan fingerprint density at radius 1 is 1.07 bits per heavy atom. The van der Waals surface area contributed by atoms with Crippen molar-refractivity contribution in [2.45, 2.75) is 26.2 Å². The second-order valence-electron chi connectivity index (χ2n) is 10.4. The van der Waals surface area contributed by atoms with Gasteiger partial charge in [0.2, 0.25) is 11.8 Å². The quantitative estimate of drug-likeness (QED) is 0.138. The van der Waals surface area contributed by atoms with Crippen molar-refractivity contribution >= 4 is 47.2 Å². The predicted molar refractivity (Wildman–Crippen MR) is 169 cm³/mol. The van der Waals surface area contributed by atoms with E-state index in [1.54, 1.807) is 57.4 Å². The number of hydrogen-bond donors (Lipinski definition) is 3. The molecule has 1 aliphatic rings. The summed E-state index contributed by atoms with van der Waals surface area (Å²) in [6, 6.07) is 8.32. The number of nitrogens with one attached hydrogen (secondary N) is 2. The third-order valence-electron chi connectivity index (χ3n) is 7.34. The molecule has 0 radical (unpaired) electrons. The standard InChI is InChI=1S/C30H36F3N6O6P/c1-5-44-46(41,45-6-2)18-19-7-8-22(25(15-19)42-4)36-29-34-16-21(30(31,32)33)27(37-29)35-23-9-10-24(39-11-13-43-14-12-39)20-17-38(3)28(40)26(20)23/h7-10,15-17,40H,5-6,11-14,18H2,1-4H3,(H2,34,35,36,37). The first-order valence-corrected chi connectivity index (χ1v) is 16.4. The number of hydrogen-bond acceptors (Lipinski definition) is 11. The summed E-state index contributed by atoms with van der Waals surface area (Å²) in [5, 5.41) is 17.7. The minimum absolute atomic E-state index is 0.00129. The van der Waals surface area contributed by atoms with E-state index in [0.29, 0.717) is 60.3 Å². The van der Waals surface area contributed by atoms with Gasteiger partial charge in [0.15, 0.2) is 0 Å². The van der Waals surface area contributed by atoms with Crippen molar-refractivity contribution in [3.05, 3.63) is 53.9 Å². The van der Waals surface area contributed by atoms with Crippen LogP contribution in [0.2, 0.25) is 0 Å². The molecule has 0 unspecified atom stereocenters. The Morgan fingerprint density at radius 3 is 2.41 bits per heavy atom. The van der Waals surface area contributed by atoms with Gasteiger partial charge < -0.3 is 43.7 Å². The fraction of sp³-hybridized carbons (Fsp3) is 0.400. The molecule has 1 saturated heterocycles. The number of anilines is 5. The molecule has 12 nitrogen and oxygen atoms in total. The van der Waals surface area contributed by atoms with Crippen LogP contribution < -0.4 is 20.3 Å². The van der Waals surface area contributed by atoms with E-state index in [0.717, 1.165) is 5.69 Å². The molecule has 3 N–H and O–H groups in total. The first-order chi connectivity index (χ1) is 22.0. The molecule has 1 aliphatic heterocycles. The smallest absolute Gasteiger partial charge is 0.421 e. The van der Waals surface area contributed by atoms with Gasteiger partial charge in [0.1, 0.15) is 17.1 Å². The molecule has 4 aromatic rings. The lowest BCUT2D eigenvalue weighted by atomic mass is 10.1. The van der Waals surface area contributed by atoms with E-state index in [-0.39, 0.29) is 36.9 Å². The highest BCUT2D eigenvalue weighted by atomic mass is 31.2. The molecule has 3 heterocycles. The van der Waals surface area contributed by atoms with Crippen LogP contribution in [0.1, 0.15) is 25.0 Å². The van der Waals surface area contributed by atoms with Crippen molar-refractivity contribution in [1.29, 1.82) is 0 Å². The minimum atomic E-state index is -4.78. The number of benzene rings is 2. The van der Waals surface area contributed by atoms with Gasteiger partial charge in [-0.3, -0.25) is 4.57 Å². The monoisotopic (exact) mass is 664 g/mol. The molecule has 0 atom stereocenters. The molecule has 0 amide bonds. The zero-order chi connectivity index (χ0) is 33.1. The van der Waals surface area contributed by atoms with E-state index in [9.17, 15) is 22.8 Å². The van der Waals surface area contributed by atoms with E-state index >= 15 is 0 Å². The van der Waals surface area contributed by atoms with Crippen LogP contribution in [-0.2, 0) is 37.7 Å². The van der Waals surface area contributed by atoms with Gasteiger partial charge in [0.05, 0.1) is 56.5 Å². The van der Waals surface area contributed by atoms with Gasteiger partial charge in [0, 0.05) is 43.6 Å². The van der Waals surface area contributed by atoms with Crippen LogP contribution in [0.15, 0.2) is 42.7 Å². The van der Waals surface area contributed by atoms with Crippen molar-refractivity contribution in [2.75, 3.05) is 62.2 Å². The maximum Gasteiger partial charge on any atom is 0.421 e. The largest absolute Gasteiger partial charge is 0.495 e. The van der Waals surface area contributed by atoms with E-state index in [1.165, 1.54) is 11.7 Å². The van der Waals surface area contributed by atoms with E-state index in [2.05, 4.69) is 25.5 Å². The predicted octanol–water partition coefficient (Wildman–Crippen LogP) is 6.79. The maximum atomic E-state index is 14.1. The van der Waals surface area contributed by atoms with Crippen LogP contribution in [0.3, 0.4) is 0 Å². The number of methoxy groups -OCH3 is 1. The van der Waals surface area contributed by atoms with Gasteiger partial charge in [-0.05, 0) is 43.7 Å². The van der Waals surface area contributed by atoms with Gasteiger partial charge >= 0.3 is 13.8 Å². The van der Waals surface area contributed by atoms with Crippen molar-refractivity contribution in [1.82, 2.24) is 14.5 Å². The van der Waals surface area contributed by atoms with Crippen molar-refractivity contribution in [2.24, 2.45) is 7.05 Å². The zero-order valence-electron chi connectivity index (χ0n) is 25.8. The number of ether oxygens (including phenoxy) is 2. The number of alkyl halides is 3. The van der Waals surface area contributed by atoms with Gasteiger partial charge in [-0.1, -0.05) is 6.07 Å². The Morgan fingerprint density at radius 2 is 1.76 bits per heavy atom. The molecular weight excluding hydrogens is 628 g/mol. The Balaban J connectivity index is 1.48. The molecule has 0 aliphatic carbocycles. The molecule has 5 rings (SSSR count). The topological polar surface area (TPSA) is 132 Å². The highest BCUT2D eigenvalue weighted by Gasteiger charge is 2.36. The fourth-order valence-corrected chi connectivity index (χ4v) is 6.96. The molecular formula is C30H36F3N6O6P. The van der Waals surface area contributed by atoms with Crippen LogP contribution in [-0.4, -0.2) is 66.3 Å². The average molecular weight is 665 g/mol. The number of fused-ring (bicyclic) bond motifs is 1. The first kappa shape index (κ1) is 33.3. The van der Waals surface area contributed by atoms with E-state index in [4.69, 9.17) is 18.5 Å². The Hall–Kier alpha value is -4.04. The summed E-state index contributed by atoms with van der Waals surface area (Å²) in [7, 11) is -0.311. The second-order valence-corrected chi connectivity index (χ2v) is 12.5. The lowest BCUT2D eigenvalue weighted by Gasteiger charge is -2.29. The van der Waals surface area contributed by atoms with Gasteiger partial charge in [0.25, 0.3) is 0 Å². The van der Waals surface area contributed by atoms with E-state index < -0.39 is 25.2 Å². The average Bonchev–Trinajstić information content (AvgIpc) is 3.32. The normalized spacial score (nSPS) is 14.1. The van der Waals surface area contributed by atoms with Gasteiger partial charge in [-0.15, -0.1) is 0 Å². The summed E-state index contributed by atoms with van der Waals surface area (Å²) in [5.74, 6) is -0.464. The highest BCUT2D eigenvalue weighted by Crippen LogP contribution is 2.52. The molecule has 2 aromatic carbocycles. The summed E-state index contributed by atoms with van der Waals surface area (Å²) in [4.78, 5) is 10.2.